The van der Waals surface area contributed by atoms with E-state index in [4.69, 9.17) is 9.47 Å². The third-order valence-electron chi connectivity index (χ3n) is 3.02. The second-order valence-electron chi connectivity index (χ2n) is 4.57. The van der Waals surface area contributed by atoms with Gasteiger partial charge in [-0.1, -0.05) is 12.1 Å². The van der Waals surface area contributed by atoms with E-state index in [0.717, 1.165) is 11.3 Å². The van der Waals surface area contributed by atoms with Gasteiger partial charge in [0, 0.05) is 6.54 Å². The Balaban J connectivity index is 2.71. The number of nitrogens with zero attached hydrogens (tertiary/aromatic N) is 2. The Hall–Kier alpha value is -2.06. The smallest absolute Gasteiger partial charge is 0.307 e. The van der Waals surface area contributed by atoms with Crippen LogP contribution in [0.2, 0.25) is 0 Å². The van der Waals surface area contributed by atoms with Gasteiger partial charge in [-0.2, -0.15) is 5.26 Å². The highest BCUT2D eigenvalue weighted by atomic mass is 16.5. The molecule has 0 heterocycles. The molecule has 0 bridgehead atoms. The van der Waals surface area contributed by atoms with Crippen LogP contribution in [0.3, 0.4) is 0 Å². The minimum atomic E-state index is -0.417. The summed E-state index contributed by atoms with van der Waals surface area (Å²) in [5.74, 6) is 0.498. The topological polar surface area (TPSA) is 62.6 Å². The summed E-state index contributed by atoms with van der Waals surface area (Å²) in [6.45, 7) is 5.12. The van der Waals surface area contributed by atoms with Gasteiger partial charge in [-0.05, 0) is 38.6 Å². The minimum Gasteiger partial charge on any atom is -0.494 e. The summed E-state index contributed by atoms with van der Waals surface area (Å²) in [4.78, 5) is 13.2. The van der Waals surface area contributed by atoms with Gasteiger partial charge in [0.1, 0.15) is 11.8 Å². The number of hydrogen-bond acceptors (Lipinski definition) is 5. The zero-order valence-electron chi connectivity index (χ0n) is 12.8. The zero-order chi connectivity index (χ0) is 15.7. The second-order valence-corrected chi connectivity index (χ2v) is 4.57. The second kappa shape index (κ2) is 8.98. The van der Waals surface area contributed by atoms with Crippen LogP contribution >= 0.6 is 0 Å². The maximum absolute atomic E-state index is 11.4. The molecule has 0 saturated carbocycles. The largest absolute Gasteiger partial charge is 0.494 e. The summed E-state index contributed by atoms with van der Waals surface area (Å²) < 4.78 is 10.3. The maximum Gasteiger partial charge on any atom is 0.307 e. The molecule has 1 aromatic rings. The highest BCUT2D eigenvalue weighted by molar-refractivity contribution is 5.69. The van der Waals surface area contributed by atoms with Crippen LogP contribution in [0, 0.1) is 11.3 Å². The lowest BCUT2D eigenvalue weighted by Gasteiger charge is -2.22. The molecule has 21 heavy (non-hydrogen) atoms. The summed E-state index contributed by atoms with van der Waals surface area (Å²) in [5, 5.41) is 9.39. The van der Waals surface area contributed by atoms with Crippen molar-refractivity contribution in [1.82, 2.24) is 4.90 Å². The number of benzene rings is 1. The van der Waals surface area contributed by atoms with Crippen LogP contribution in [-0.2, 0) is 9.53 Å². The molecule has 114 valence electrons. The van der Waals surface area contributed by atoms with E-state index in [1.54, 1.807) is 6.92 Å². The van der Waals surface area contributed by atoms with Crippen molar-refractivity contribution in [2.75, 3.05) is 26.8 Å². The van der Waals surface area contributed by atoms with E-state index in [0.29, 0.717) is 19.8 Å². The Labute approximate surface area is 126 Å². The first-order chi connectivity index (χ1) is 10.1. The molecule has 5 nitrogen and oxygen atoms in total. The number of carbonyl (C=O) groups is 1. The average molecular weight is 290 g/mol. The molecule has 0 aromatic heterocycles. The van der Waals surface area contributed by atoms with Crippen molar-refractivity contribution in [1.29, 1.82) is 5.26 Å². The SMILES string of the molecule is CCOC(=O)CCN(C)C(C#N)c1cccc(OCC)c1. The molecule has 1 atom stereocenters. The lowest BCUT2D eigenvalue weighted by molar-refractivity contribution is -0.143. The Morgan fingerprint density at radius 1 is 1.38 bits per heavy atom. The van der Waals surface area contributed by atoms with E-state index in [-0.39, 0.29) is 12.4 Å². The van der Waals surface area contributed by atoms with Gasteiger partial charge in [0.2, 0.25) is 0 Å². The van der Waals surface area contributed by atoms with E-state index in [1.165, 1.54) is 0 Å². The van der Waals surface area contributed by atoms with Gasteiger partial charge in [-0.3, -0.25) is 9.69 Å². The molecular weight excluding hydrogens is 268 g/mol. The van der Waals surface area contributed by atoms with Crippen molar-refractivity contribution in [3.63, 3.8) is 0 Å². The molecule has 0 aliphatic carbocycles. The molecule has 0 fully saturated rings. The van der Waals surface area contributed by atoms with Gasteiger partial charge in [0.05, 0.1) is 25.7 Å². The van der Waals surface area contributed by atoms with E-state index in [1.807, 2.05) is 43.1 Å². The molecule has 1 rings (SSSR count). The van der Waals surface area contributed by atoms with Crippen LogP contribution in [0.15, 0.2) is 24.3 Å². The first-order valence-corrected chi connectivity index (χ1v) is 7.10. The summed E-state index contributed by atoms with van der Waals surface area (Å²) in [7, 11) is 1.82. The fourth-order valence-corrected chi connectivity index (χ4v) is 2.00. The number of esters is 1. The Morgan fingerprint density at radius 2 is 2.14 bits per heavy atom. The summed E-state index contributed by atoms with van der Waals surface area (Å²) in [6.07, 6.45) is 0.271. The normalized spacial score (nSPS) is 11.8. The highest BCUT2D eigenvalue weighted by Gasteiger charge is 2.18. The van der Waals surface area contributed by atoms with Crippen molar-refractivity contribution < 1.29 is 14.3 Å². The molecule has 1 unspecified atom stereocenters. The number of rotatable bonds is 8. The standard InChI is InChI=1S/C16H22N2O3/c1-4-20-14-8-6-7-13(11-14)15(12-17)18(3)10-9-16(19)21-5-2/h6-8,11,15H,4-5,9-10H2,1-3H3. The lowest BCUT2D eigenvalue weighted by atomic mass is 10.1. The van der Waals surface area contributed by atoms with Gasteiger partial charge in [-0.25, -0.2) is 0 Å². The Bertz CT molecular complexity index is 497. The van der Waals surface area contributed by atoms with Crippen LogP contribution in [0.4, 0.5) is 0 Å². The van der Waals surface area contributed by atoms with E-state index in [9.17, 15) is 10.1 Å². The molecule has 0 N–H and O–H groups in total. The number of carbonyl (C=O) groups excluding carboxylic acids is 1. The number of ether oxygens (including phenoxy) is 2. The van der Waals surface area contributed by atoms with Gasteiger partial charge in [0.25, 0.3) is 0 Å². The molecular formula is C16H22N2O3. The fraction of sp³-hybridized carbons (Fsp3) is 0.500. The monoisotopic (exact) mass is 290 g/mol. The third-order valence-corrected chi connectivity index (χ3v) is 3.02. The van der Waals surface area contributed by atoms with E-state index in [2.05, 4.69) is 6.07 Å². The molecule has 0 aliphatic rings. The van der Waals surface area contributed by atoms with Crippen LogP contribution in [0.5, 0.6) is 5.75 Å². The minimum absolute atomic E-state index is 0.246. The molecule has 5 heteroatoms. The van der Waals surface area contributed by atoms with E-state index < -0.39 is 6.04 Å². The van der Waals surface area contributed by atoms with Gasteiger partial charge >= 0.3 is 5.97 Å². The Kier molecular flexibility index (Phi) is 7.27. The van der Waals surface area contributed by atoms with Crippen molar-refractivity contribution in [3.05, 3.63) is 29.8 Å². The predicted molar refractivity (Wildman–Crippen MR) is 79.8 cm³/mol. The van der Waals surface area contributed by atoms with Crippen LogP contribution < -0.4 is 4.74 Å². The molecule has 0 aliphatic heterocycles. The summed E-state index contributed by atoms with van der Waals surface area (Å²) in [5.41, 5.74) is 0.856. The maximum atomic E-state index is 11.4. The number of hydrogen-bond donors (Lipinski definition) is 0. The van der Waals surface area contributed by atoms with Crippen molar-refractivity contribution in [2.24, 2.45) is 0 Å². The van der Waals surface area contributed by atoms with Crippen molar-refractivity contribution in [2.45, 2.75) is 26.3 Å². The number of nitriles is 1. The molecule has 0 radical (unpaired) electrons. The summed E-state index contributed by atoms with van der Waals surface area (Å²) >= 11 is 0. The van der Waals surface area contributed by atoms with Crippen LogP contribution in [0.1, 0.15) is 31.9 Å². The van der Waals surface area contributed by atoms with E-state index >= 15 is 0 Å². The highest BCUT2D eigenvalue weighted by Crippen LogP contribution is 2.23. The average Bonchev–Trinajstić information content (AvgIpc) is 2.47. The third kappa shape index (κ3) is 5.44. The van der Waals surface area contributed by atoms with Gasteiger partial charge in [-0.15, -0.1) is 0 Å². The Morgan fingerprint density at radius 3 is 2.76 bits per heavy atom. The first-order valence-electron chi connectivity index (χ1n) is 7.10. The first kappa shape index (κ1) is 17.0. The molecule has 0 amide bonds. The van der Waals surface area contributed by atoms with Crippen molar-refractivity contribution >= 4 is 5.97 Å². The lowest BCUT2D eigenvalue weighted by Crippen LogP contribution is -2.26. The molecule has 1 aromatic carbocycles. The van der Waals surface area contributed by atoms with Crippen molar-refractivity contribution in [3.8, 4) is 11.8 Å². The zero-order valence-corrected chi connectivity index (χ0v) is 12.8. The predicted octanol–water partition coefficient (Wildman–Crippen LogP) is 2.53. The fourth-order valence-electron chi connectivity index (χ4n) is 2.00. The molecule has 0 saturated heterocycles. The van der Waals surface area contributed by atoms with Gasteiger partial charge in [0.15, 0.2) is 0 Å². The van der Waals surface area contributed by atoms with Gasteiger partial charge < -0.3 is 9.47 Å². The summed E-state index contributed by atoms with van der Waals surface area (Å²) in [6, 6.07) is 9.32. The molecule has 0 spiro atoms. The quantitative estimate of drug-likeness (QED) is 0.688. The van der Waals surface area contributed by atoms with Crippen LogP contribution in [0.25, 0.3) is 0 Å². The van der Waals surface area contributed by atoms with Crippen LogP contribution in [-0.4, -0.2) is 37.7 Å².